The van der Waals surface area contributed by atoms with E-state index in [-0.39, 0.29) is 17.7 Å². The summed E-state index contributed by atoms with van der Waals surface area (Å²) < 4.78 is 1.83. The first kappa shape index (κ1) is 16.8. The fourth-order valence-electron chi connectivity index (χ4n) is 3.65. The maximum absolute atomic E-state index is 13.1. The van der Waals surface area contributed by atoms with Crippen molar-refractivity contribution in [3.8, 4) is 5.69 Å². The number of carbonyl (C=O) groups is 2. The summed E-state index contributed by atoms with van der Waals surface area (Å²) in [5, 5.41) is 4.58. The number of hydrogen-bond acceptors (Lipinski definition) is 3. The highest BCUT2D eigenvalue weighted by molar-refractivity contribution is 5.96. The van der Waals surface area contributed by atoms with Crippen molar-refractivity contribution in [2.75, 3.05) is 26.2 Å². The quantitative estimate of drug-likeness (QED) is 0.851. The van der Waals surface area contributed by atoms with Gasteiger partial charge in [-0.25, -0.2) is 4.68 Å². The zero-order valence-electron chi connectivity index (χ0n) is 15.3. The molecule has 136 valence electrons. The molecule has 1 saturated heterocycles. The second-order valence-electron chi connectivity index (χ2n) is 7.18. The topological polar surface area (TPSA) is 58.4 Å². The van der Waals surface area contributed by atoms with Crippen LogP contribution in [0.3, 0.4) is 0 Å². The molecule has 1 aliphatic carbocycles. The normalized spacial score (nSPS) is 17.5. The monoisotopic (exact) mass is 352 g/mol. The van der Waals surface area contributed by atoms with Crippen LogP contribution in [-0.4, -0.2) is 57.6 Å². The predicted molar refractivity (Wildman–Crippen MR) is 98.2 cm³/mol. The van der Waals surface area contributed by atoms with Gasteiger partial charge in [0.05, 0.1) is 22.6 Å². The Bertz CT molecular complexity index is 831. The average molecular weight is 352 g/mol. The Morgan fingerprint density at radius 3 is 2.19 bits per heavy atom. The molecule has 2 fully saturated rings. The Morgan fingerprint density at radius 1 is 0.962 bits per heavy atom. The number of piperazine rings is 1. The van der Waals surface area contributed by atoms with E-state index in [4.69, 9.17) is 0 Å². The smallest absolute Gasteiger partial charge is 0.257 e. The Labute approximate surface area is 153 Å². The molecule has 0 N–H and O–H groups in total. The van der Waals surface area contributed by atoms with E-state index in [1.807, 2.05) is 58.7 Å². The van der Waals surface area contributed by atoms with E-state index >= 15 is 0 Å². The van der Waals surface area contributed by atoms with Crippen LogP contribution in [0, 0.1) is 19.8 Å². The number of para-hydroxylation sites is 1. The summed E-state index contributed by atoms with van der Waals surface area (Å²) in [5.41, 5.74) is 3.23. The third-order valence-corrected chi connectivity index (χ3v) is 5.31. The summed E-state index contributed by atoms with van der Waals surface area (Å²) in [4.78, 5) is 29.0. The molecule has 1 aliphatic heterocycles. The largest absolute Gasteiger partial charge is 0.339 e. The van der Waals surface area contributed by atoms with E-state index in [2.05, 4.69) is 5.10 Å². The van der Waals surface area contributed by atoms with Crippen molar-refractivity contribution in [2.45, 2.75) is 26.7 Å². The number of benzene rings is 1. The van der Waals surface area contributed by atoms with Crippen LogP contribution in [-0.2, 0) is 4.79 Å². The highest BCUT2D eigenvalue weighted by Crippen LogP contribution is 2.31. The maximum atomic E-state index is 13.1. The molecule has 2 aromatic rings. The number of aryl methyl sites for hydroxylation is 1. The average Bonchev–Trinajstić information content (AvgIpc) is 3.47. The van der Waals surface area contributed by atoms with E-state index in [9.17, 15) is 9.59 Å². The van der Waals surface area contributed by atoms with Crippen LogP contribution in [0.25, 0.3) is 5.69 Å². The fourth-order valence-corrected chi connectivity index (χ4v) is 3.65. The number of nitrogens with zero attached hydrogens (tertiary/aromatic N) is 4. The van der Waals surface area contributed by atoms with Crippen LogP contribution in [0.5, 0.6) is 0 Å². The molecule has 0 unspecified atom stereocenters. The summed E-state index contributed by atoms with van der Waals surface area (Å²) in [5.74, 6) is 0.521. The highest BCUT2D eigenvalue weighted by Gasteiger charge is 2.35. The number of carbonyl (C=O) groups excluding carboxylic acids is 2. The molecule has 1 saturated carbocycles. The van der Waals surface area contributed by atoms with E-state index in [1.54, 1.807) is 0 Å². The van der Waals surface area contributed by atoms with Crippen LogP contribution < -0.4 is 0 Å². The third-order valence-electron chi connectivity index (χ3n) is 5.31. The molecule has 2 amide bonds. The number of rotatable bonds is 3. The van der Waals surface area contributed by atoms with Gasteiger partial charge in [0.2, 0.25) is 5.91 Å². The van der Waals surface area contributed by atoms with Gasteiger partial charge in [-0.05, 0) is 38.8 Å². The second-order valence-corrected chi connectivity index (χ2v) is 7.18. The summed E-state index contributed by atoms with van der Waals surface area (Å²) in [6.45, 7) is 6.26. The summed E-state index contributed by atoms with van der Waals surface area (Å²) >= 11 is 0. The van der Waals surface area contributed by atoms with Gasteiger partial charge in [0.25, 0.3) is 5.91 Å². The molecular formula is C20H24N4O2. The van der Waals surface area contributed by atoms with Crippen LogP contribution in [0.2, 0.25) is 0 Å². The summed E-state index contributed by atoms with van der Waals surface area (Å²) in [6.07, 6.45) is 2.05. The first-order chi connectivity index (χ1) is 12.6. The second kappa shape index (κ2) is 6.59. The van der Waals surface area contributed by atoms with Gasteiger partial charge in [-0.2, -0.15) is 5.10 Å². The van der Waals surface area contributed by atoms with Crippen molar-refractivity contribution < 1.29 is 9.59 Å². The minimum Gasteiger partial charge on any atom is -0.339 e. The minimum absolute atomic E-state index is 0.0145. The fraction of sp³-hybridized carbons (Fsp3) is 0.450. The van der Waals surface area contributed by atoms with Crippen molar-refractivity contribution >= 4 is 11.8 Å². The van der Waals surface area contributed by atoms with Gasteiger partial charge < -0.3 is 9.80 Å². The number of amides is 2. The lowest BCUT2D eigenvalue weighted by molar-refractivity contribution is -0.134. The number of hydrogen-bond donors (Lipinski definition) is 0. The maximum Gasteiger partial charge on any atom is 0.257 e. The molecule has 26 heavy (non-hydrogen) atoms. The Balaban J connectivity index is 1.50. The highest BCUT2D eigenvalue weighted by atomic mass is 16.2. The summed E-state index contributed by atoms with van der Waals surface area (Å²) in [6, 6.07) is 9.85. The lowest BCUT2D eigenvalue weighted by atomic mass is 10.1. The SMILES string of the molecule is Cc1nn(-c2ccccc2)c(C)c1C(=O)N1CCN(C(=O)C2CC2)CC1. The van der Waals surface area contributed by atoms with Crippen molar-refractivity contribution in [3.05, 3.63) is 47.3 Å². The lowest BCUT2D eigenvalue weighted by Crippen LogP contribution is -2.51. The zero-order valence-corrected chi connectivity index (χ0v) is 15.3. The first-order valence-electron chi connectivity index (χ1n) is 9.26. The van der Waals surface area contributed by atoms with Gasteiger partial charge in [-0.15, -0.1) is 0 Å². The van der Waals surface area contributed by atoms with Crippen molar-refractivity contribution in [3.63, 3.8) is 0 Å². The van der Waals surface area contributed by atoms with E-state index < -0.39 is 0 Å². The third kappa shape index (κ3) is 3.00. The minimum atomic E-state index is 0.0145. The van der Waals surface area contributed by atoms with E-state index in [0.29, 0.717) is 31.7 Å². The van der Waals surface area contributed by atoms with Gasteiger partial charge in [-0.3, -0.25) is 9.59 Å². The molecular weight excluding hydrogens is 328 g/mol. The first-order valence-corrected chi connectivity index (χ1v) is 9.26. The molecule has 0 bridgehead atoms. The van der Waals surface area contributed by atoms with E-state index in [0.717, 1.165) is 29.9 Å². The Hall–Kier alpha value is -2.63. The van der Waals surface area contributed by atoms with Crippen LogP contribution >= 0.6 is 0 Å². The molecule has 2 heterocycles. The molecule has 0 radical (unpaired) electrons. The molecule has 0 atom stereocenters. The molecule has 0 spiro atoms. The molecule has 2 aliphatic rings. The van der Waals surface area contributed by atoms with Gasteiger partial charge in [0.15, 0.2) is 0 Å². The Morgan fingerprint density at radius 2 is 1.58 bits per heavy atom. The molecule has 6 heteroatoms. The van der Waals surface area contributed by atoms with Gasteiger partial charge in [0, 0.05) is 32.1 Å². The van der Waals surface area contributed by atoms with Gasteiger partial charge >= 0.3 is 0 Å². The standard InChI is InChI=1S/C20H24N4O2/c1-14-18(15(2)24(21-14)17-6-4-3-5-7-17)20(26)23-12-10-22(11-13-23)19(25)16-8-9-16/h3-7,16H,8-13H2,1-2H3. The Kier molecular flexibility index (Phi) is 4.26. The predicted octanol–water partition coefficient (Wildman–Crippen LogP) is 2.18. The van der Waals surface area contributed by atoms with Gasteiger partial charge in [-0.1, -0.05) is 18.2 Å². The summed E-state index contributed by atoms with van der Waals surface area (Å²) in [7, 11) is 0. The lowest BCUT2D eigenvalue weighted by Gasteiger charge is -2.35. The van der Waals surface area contributed by atoms with Crippen LogP contribution in [0.4, 0.5) is 0 Å². The molecule has 6 nitrogen and oxygen atoms in total. The van der Waals surface area contributed by atoms with Crippen LogP contribution in [0.15, 0.2) is 30.3 Å². The molecule has 1 aromatic heterocycles. The van der Waals surface area contributed by atoms with Crippen molar-refractivity contribution in [2.24, 2.45) is 5.92 Å². The van der Waals surface area contributed by atoms with Gasteiger partial charge in [0.1, 0.15) is 0 Å². The van der Waals surface area contributed by atoms with Crippen molar-refractivity contribution in [1.82, 2.24) is 19.6 Å². The van der Waals surface area contributed by atoms with Crippen molar-refractivity contribution in [1.29, 1.82) is 0 Å². The molecule has 4 rings (SSSR count). The zero-order chi connectivity index (χ0) is 18.3. The molecule has 1 aromatic carbocycles. The number of aromatic nitrogens is 2. The van der Waals surface area contributed by atoms with Crippen LogP contribution in [0.1, 0.15) is 34.6 Å². The van der Waals surface area contributed by atoms with E-state index in [1.165, 1.54) is 0 Å².